The summed E-state index contributed by atoms with van der Waals surface area (Å²) in [5.41, 5.74) is 1.36. The van der Waals surface area contributed by atoms with Crippen molar-refractivity contribution in [1.29, 1.82) is 0 Å². The molecule has 2 aromatic rings. The molecule has 0 unspecified atom stereocenters. The van der Waals surface area contributed by atoms with Gasteiger partial charge in [-0.15, -0.1) is 11.3 Å². The maximum atomic E-state index is 12.2. The van der Waals surface area contributed by atoms with Gasteiger partial charge in [-0.1, -0.05) is 50.3 Å². The molecule has 0 atom stereocenters. The van der Waals surface area contributed by atoms with E-state index in [0.717, 1.165) is 24.4 Å². The van der Waals surface area contributed by atoms with Crippen LogP contribution in [0.3, 0.4) is 0 Å². The Bertz CT molecular complexity index is 825. The number of carbonyl (C=O) groups is 1. The molecule has 0 saturated heterocycles. The topological polar surface area (TPSA) is 75.3 Å². The molecule has 0 bridgehead atoms. The Morgan fingerprint density at radius 3 is 2.48 bits per heavy atom. The van der Waals surface area contributed by atoms with Crippen LogP contribution in [0.25, 0.3) is 0 Å². The van der Waals surface area contributed by atoms with Crippen LogP contribution in [-0.4, -0.2) is 20.9 Å². The normalized spacial score (nSPS) is 15.4. The Morgan fingerprint density at radius 1 is 1.07 bits per heavy atom. The first-order valence-corrected chi connectivity index (χ1v) is 11.8. The minimum atomic E-state index is -3.54. The molecule has 1 amide bonds. The molecule has 1 aromatic carbocycles. The van der Waals surface area contributed by atoms with Crippen molar-refractivity contribution in [2.75, 3.05) is 11.3 Å². The van der Waals surface area contributed by atoms with Crippen molar-refractivity contribution >= 4 is 33.0 Å². The lowest BCUT2D eigenvalue weighted by Crippen LogP contribution is -2.27. The van der Waals surface area contributed by atoms with Crippen LogP contribution in [0.4, 0.5) is 5.69 Å². The average molecular weight is 407 g/mol. The molecule has 0 spiro atoms. The first-order valence-electron chi connectivity index (χ1n) is 9.45. The Morgan fingerprint density at radius 2 is 1.81 bits per heavy atom. The summed E-state index contributed by atoms with van der Waals surface area (Å²) in [5, 5.41) is 4.73. The highest BCUT2D eigenvalue weighted by Crippen LogP contribution is 2.25. The highest BCUT2D eigenvalue weighted by molar-refractivity contribution is 7.94. The third-order valence-electron chi connectivity index (χ3n) is 4.93. The van der Waals surface area contributed by atoms with Gasteiger partial charge in [0.15, 0.2) is 0 Å². The van der Waals surface area contributed by atoms with Gasteiger partial charge in [-0.3, -0.25) is 9.52 Å². The van der Waals surface area contributed by atoms with Crippen LogP contribution in [0, 0.1) is 5.92 Å². The summed E-state index contributed by atoms with van der Waals surface area (Å²) in [5.74, 6) is 0.771. The standard InChI is InChI=1S/C20H26N2O3S2/c23-19(21-13-12-16-5-2-1-3-6-16)15-17-8-10-18(11-9-17)22-27(24,25)20-7-4-14-26-20/h4,7-11,14,16,22H,1-3,5-6,12-13,15H2,(H,21,23). The molecule has 2 N–H and O–H groups in total. The van der Waals surface area contributed by atoms with E-state index in [4.69, 9.17) is 0 Å². The van der Waals surface area contributed by atoms with E-state index in [1.807, 2.05) is 0 Å². The van der Waals surface area contributed by atoms with Crippen molar-refractivity contribution in [2.24, 2.45) is 5.92 Å². The molecule has 1 saturated carbocycles. The molecule has 7 heteroatoms. The molecule has 5 nitrogen and oxygen atoms in total. The van der Waals surface area contributed by atoms with Gasteiger partial charge in [-0.2, -0.15) is 0 Å². The first kappa shape index (κ1) is 19.9. The quantitative estimate of drug-likeness (QED) is 0.691. The predicted octanol–water partition coefficient (Wildman–Crippen LogP) is 4.18. The van der Waals surface area contributed by atoms with E-state index in [1.165, 1.54) is 43.4 Å². The molecule has 0 radical (unpaired) electrons. The van der Waals surface area contributed by atoms with Gasteiger partial charge in [0, 0.05) is 12.2 Å². The van der Waals surface area contributed by atoms with E-state index < -0.39 is 10.0 Å². The zero-order valence-electron chi connectivity index (χ0n) is 15.3. The number of amides is 1. The third-order valence-corrected chi connectivity index (χ3v) is 7.71. The Labute approximate surface area is 165 Å². The van der Waals surface area contributed by atoms with Crippen molar-refractivity contribution in [3.05, 3.63) is 47.3 Å². The zero-order chi connectivity index (χ0) is 19.1. The number of hydrogen-bond acceptors (Lipinski definition) is 4. The highest BCUT2D eigenvalue weighted by Gasteiger charge is 2.15. The van der Waals surface area contributed by atoms with E-state index in [1.54, 1.807) is 41.8 Å². The summed E-state index contributed by atoms with van der Waals surface area (Å²) in [6, 6.07) is 10.2. The van der Waals surface area contributed by atoms with Crippen LogP contribution in [0.1, 0.15) is 44.1 Å². The number of anilines is 1. The monoisotopic (exact) mass is 406 g/mol. The molecule has 1 aliphatic carbocycles. The van der Waals surface area contributed by atoms with Crippen molar-refractivity contribution in [3.8, 4) is 0 Å². The fraction of sp³-hybridized carbons (Fsp3) is 0.450. The molecule has 1 fully saturated rings. The zero-order valence-corrected chi connectivity index (χ0v) is 16.9. The lowest BCUT2D eigenvalue weighted by atomic mass is 9.87. The fourth-order valence-corrected chi connectivity index (χ4v) is 5.50. The van der Waals surface area contributed by atoms with Crippen molar-refractivity contribution in [2.45, 2.75) is 49.2 Å². The molecule has 146 valence electrons. The van der Waals surface area contributed by atoms with E-state index >= 15 is 0 Å². The van der Waals surface area contributed by atoms with Gasteiger partial charge in [-0.05, 0) is 41.5 Å². The molecule has 0 aliphatic heterocycles. The second kappa shape index (κ2) is 9.37. The minimum absolute atomic E-state index is 0.0118. The number of sulfonamides is 1. The van der Waals surface area contributed by atoms with Crippen LogP contribution in [0.15, 0.2) is 46.0 Å². The Balaban J connectivity index is 1.45. The number of benzene rings is 1. The molecule has 27 heavy (non-hydrogen) atoms. The number of rotatable bonds is 8. The van der Waals surface area contributed by atoms with Crippen LogP contribution >= 0.6 is 11.3 Å². The summed E-state index contributed by atoms with van der Waals surface area (Å²) in [7, 11) is -3.54. The molecule has 3 rings (SSSR count). The molecular weight excluding hydrogens is 380 g/mol. The summed E-state index contributed by atoms with van der Waals surface area (Å²) in [4.78, 5) is 12.1. The van der Waals surface area contributed by atoms with Gasteiger partial charge < -0.3 is 5.32 Å². The predicted molar refractivity (Wildman–Crippen MR) is 109 cm³/mol. The summed E-state index contributed by atoms with van der Waals surface area (Å²) < 4.78 is 27.3. The second-order valence-corrected chi connectivity index (χ2v) is 9.91. The van der Waals surface area contributed by atoms with Crippen molar-refractivity contribution in [3.63, 3.8) is 0 Å². The van der Waals surface area contributed by atoms with E-state index in [9.17, 15) is 13.2 Å². The lowest BCUT2D eigenvalue weighted by Gasteiger charge is -2.21. The maximum Gasteiger partial charge on any atom is 0.271 e. The molecule has 1 aromatic heterocycles. The Hall–Kier alpha value is -1.86. The van der Waals surface area contributed by atoms with Crippen LogP contribution in [-0.2, 0) is 21.2 Å². The summed E-state index contributed by atoms with van der Waals surface area (Å²) in [6.07, 6.45) is 7.94. The van der Waals surface area contributed by atoms with E-state index in [0.29, 0.717) is 12.1 Å². The third kappa shape index (κ3) is 6.07. The van der Waals surface area contributed by atoms with E-state index in [-0.39, 0.29) is 10.1 Å². The van der Waals surface area contributed by atoms with Crippen LogP contribution in [0.5, 0.6) is 0 Å². The maximum absolute atomic E-state index is 12.2. The van der Waals surface area contributed by atoms with Gasteiger partial charge >= 0.3 is 0 Å². The summed E-state index contributed by atoms with van der Waals surface area (Å²) in [6.45, 7) is 0.738. The highest BCUT2D eigenvalue weighted by atomic mass is 32.2. The smallest absolute Gasteiger partial charge is 0.271 e. The van der Waals surface area contributed by atoms with Gasteiger partial charge in [0.1, 0.15) is 4.21 Å². The lowest BCUT2D eigenvalue weighted by molar-refractivity contribution is -0.120. The van der Waals surface area contributed by atoms with Gasteiger partial charge in [0.2, 0.25) is 5.91 Å². The molecule has 1 heterocycles. The minimum Gasteiger partial charge on any atom is -0.356 e. The Kier molecular flexibility index (Phi) is 6.90. The van der Waals surface area contributed by atoms with Crippen molar-refractivity contribution in [1.82, 2.24) is 5.32 Å². The average Bonchev–Trinajstić information content (AvgIpc) is 3.20. The fourth-order valence-electron chi connectivity index (χ4n) is 3.45. The number of carbonyl (C=O) groups excluding carboxylic acids is 1. The SMILES string of the molecule is O=C(Cc1ccc(NS(=O)(=O)c2cccs2)cc1)NCCC1CCCCC1. The van der Waals surface area contributed by atoms with Gasteiger partial charge in [0.05, 0.1) is 6.42 Å². The number of thiophene rings is 1. The van der Waals surface area contributed by atoms with Crippen LogP contribution in [0.2, 0.25) is 0 Å². The van der Waals surface area contributed by atoms with Crippen LogP contribution < -0.4 is 10.0 Å². The second-order valence-electron chi connectivity index (χ2n) is 7.05. The molecule has 1 aliphatic rings. The van der Waals surface area contributed by atoms with E-state index in [2.05, 4.69) is 10.0 Å². The van der Waals surface area contributed by atoms with Gasteiger partial charge in [-0.25, -0.2) is 8.42 Å². The largest absolute Gasteiger partial charge is 0.356 e. The summed E-state index contributed by atoms with van der Waals surface area (Å²) >= 11 is 1.17. The first-order chi connectivity index (χ1) is 13.0. The molecular formula is C20H26N2O3S2. The number of hydrogen-bond donors (Lipinski definition) is 2. The van der Waals surface area contributed by atoms with Gasteiger partial charge in [0.25, 0.3) is 10.0 Å². The number of nitrogens with one attached hydrogen (secondary N) is 2. The van der Waals surface area contributed by atoms with Crippen molar-refractivity contribution < 1.29 is 13.2 Å².